The molecule has 74 valence electrons. The average Bonchev–Trinajstić information content (AvgIpc) is 2.71. The number of rotatable bonds is 2. The summed E-state index contributed by atoms with van der Waals surface area (Å²) in [5, 5.41) is 0. The van der Waals surface area contributed by atoms with E-state index in [2.05, 4.69) is 0 Å². The van der Waals surface area contributed by atoms with Gasteiger partial charge >= 0.3 is 0 Å². The molecular weight excluding hydrogens is 168 g/mol. The summed E-state index contributed by atoms with van der Waals surface area (Å²) >= 11 is 0. The summed E-state index contributed by atoms with van der Waals surface area (Å²) in [6.45, 7) is 1.43. The maximum absolute atomic E-state index is 11.8. The van der Waals surface area contributed by atoms with E-state index in [0.717, 1.165) is 25.9 Å². The minimum atomic E-state index is -0.530. The van der Waals surface area contributed by atoms with Crippen molar-refractivity contribution in [2.24, 2.45) is 5.73 Å². The van der Waals surface area contributed by atoms with E-state index >= 15 is 0 Å². The molecule has 1 aliphatic heterocycles. The second-order valence-corrected chi connectivity index (χ2v) is 4.09. The van der Waals surface area contributed by atoms with Gasteiger partial charge in [-0.25, -0.2) is 0 Å². The van der Waals surface area contributed by atoms with Gasteiger partial charge in [0.15, 0.2) is 0 Å². The number of ether oxygens (including phenoxy) is 1. The summed E-state index contributed by atoms with van der Waals surface area (Å²) in [7, 11) is 1.83. The monoisotopic (exact) mass is 184 g/mol. The predicted octanol–water partition coefficient (Wildman–Crippen LogP) is -0.275. The van der Waals surface area contributed by atoms with Crippen molar-refractivity contribution in [3.8, 4) is 0 Å². The zero-order valence-electron chi connectivity index (χ0n) is 7.95. The predicted molar refractivity (Wildman–Crippen MR) is 48.1 cm³/mol. The third-order valence-corrected chi connectivity index (χ3v) is 2.99. The summed E-state index contributed by atoms with van der Waals surface area (Å²) < 4.78 is 5.23. The lowest BCUT2D eigenvalue weighted by molar-refractivity contribution is -0.134. The molecule has 1 amide bonds. The van der Waals surface area contributed by atoms with Crippen LogP contribution < -0.4 is 5.73 Å². The lowest BCUT2D eigenvalue weighted by atomic mass is 10.2. The molecule has 13 heavy (non-hydrogen) atoms. The number of nitrogens with zero attached hydrogens (tertiary/aromatic N) is 1. The highest BCUT2D eigenvalue weighted by Crippen LogP contribution is 2.34. The quantitative estimate of drug-likeness (QED) is 0.642. The van der Waals surface area contributed by atoms with Gasteiger partial charge < -0.3 is 15.4 Å². The smallest absolute Gasteiger partial charge is 0.242 e. The van der Waals surface area contributed by atoms with E-state index in [1.165, 1.54) is 0 Å². The summed E-state index contributed by atoms with van der Waals surface area (Å²) in [5.74, 6) is 0.0861. The van der Waals surface area contributed by atoms with Crippen molar-refractivity contribution in [2.45, 2.75) is 30.8 Å². The standard InChI is InChI=1S/C9H16N2O2/c1-11(7-2-5-13-6-7)8(12)9(10)3-4-9/h7H,2-6,10H2,1H3. The van der Waals surface area contributed by atoms with Crippen molar-refractivity contribution >= 4 is 5.91 Å². The number of hydrogen-bond acceptors (Lipinski definition) is 3. The maximum atomic E-state index is 11.8. The molecule has 0 bridgehead atoms. The van der Waals surface area contributed by atoms with Crippen LogP contribution in [0.4, 0.5) is 0 Å². The van der Waals surface area contributed by atoms with E-state index in [0.29, 0.717) is 6.61 Å². The third kappa shape index (κ3) is 1.56. The van der Waals surface area contributed by atoms with Gasteiger partial charge in [0, 0.05) is 13.7 Å². The van der Waals surface area contributed by atoms with Gasteiger partial charge in [-0.3, -0.25) is 4.79 Å². The molecule has 2 N–H and O–H groups in total. The molecule has 0 aromatic carbocycles. The summed E-state index contributed by atoms with van der Waals surface area (Å²) in [4.78, 5) is 13.5. The second-order valence-electron chi connectivity index (χ2n) is 4.09. The van der Waals surface area contributed by atoms with E-state index in [9.17, 15) is 4.79 Å². The molecule has 0 aromatic heterocycles. The van der Waals surface area contributed by atoms with Gasteiger partial charge in [-0.05, 0) is 19.3 Å². The third-order valence-electron chi connectivity index (χ3n) is 2.99. The topological polar surface area (TPSA) is 55.6 Å². The van der Waals surface area contributed by atoms with Gasteiger partial charge in [0.25, 0.3) is 0 Å². The summed E-state index contributed by atoms with van der Waals surface area (Å²) in [6.07, 6.45) is 2.62. The Morgan fingerprint density at radius 1 is 1.62 bits per heavy atom. The Labute approximate surface area is 78.0 Å². The Balaban J connectivity index is 1.95. The first-order valence-corrected chi connectivity index (χ1v) is 4.77. The highest BCUT2D eigenvalue weighted by atomic mass is 16.5. The Hall–Kier alpha value is -0.610. The average molecular weight is 184 g/mol. The van der Waals surface area contributed by atoms with Crippen LogP contribution in [-0.4, -0.2) is 42.6 Å². The minimum absolute atomic E-state index is 0.0861. The number of carbonyl (C=O) groups is 1. The van der Waals surface area contributed by atoms with Crippen LogP contribution in [0.15, 0.2) is 0 Å². The zero-order valence-corrected chi connectivity index (χ0v) is 7.95. The normalized spacial score (nSPS) is 30.2. The van der Waals surface area contributed by atoms with Crippen LogP contribution in [0.1, 0.15) is 19.3 Å². The molecule has 1 unspecified atom stereocenters. The van der Waals surface area contributed by atoms with Crippen molar-refractivity contribution in [3.63, 3.8) is 0 Å². The van der Waals surface area contributed by atoms with E-state index in [-0.39, 0.29) is 11.9 Å². The van der Waals surface area contributed by atoms with Gasteiger partial charge in [-0.2, -0.15) is 0 Å². The van der Waals surface area contributed by atoms with E-state index in [1.54, 1.807) is 4.90 Å². The molecule has 1 heterocycles. The lowest BCUT2D eigenvalue weighted by Gasteiger charge is -2.25. The van der Waals surface area contributed by atoms with Crippen LogP contribution in [0.25, 0.3) is 0 Å². The van der Waals surface area contributed by atoms with Gasteiger partial charge in [0.2, 0.25) is 5.91 Å². The fourth-order valence-corrected chi connectivity index (χ4v) is 1.69. The molecule has 0 aromatic rings. The molecule has 1 aliphatic carbocycles. The Kier molecular flexibility index (Phi) is 2.04. The van der Waals surface area contributed by atoms with Crippen molar-refractivity contribution in [2.75, 3.05) is 20.3 Å². The van der Waals surface area contributed by atoms with Gasteiger partial charge in [0.05, 0.1) is 18.2 Å². The first-order valence-electron chi connectivity index (χ1n) is 4.77. The van der Waals surface area contributed by atoms with Crippen LogP contribution in [0, 0.1) is 0 Å². The van der Waals surface area contributed by atoms with Crippen molar-refractivity contribution in [1.29, 1.82) is 0 Å². The minimum Gasteiger partial charge on any atom is -0.379 e. The molecular formula is C9H16N2O2. The number of carbonyl (C=O) groups excluding carboxylic acids is 1. The highest BCUT2D eigenvalue weighted by Gasteiger charge is 2.48. The Bertz CT molecular complexity index is 220. The molecule has 2 rings (SSSR count). The first-order chi connectivity index (χ1) is 6.13. The van der Waals surface area contributed by atoms with Gasteiger partial charge in [-0.15, -0.1) is 0 Å². The SMILES string of the molecule is CN(C(=O)C1(N)CC1)C1CCOC1. The molecule has 2 aliphatic rings. The second kappa shape index (κ2) is 2.96. The zero-order chi connectivity index (χ0) is 9.47. The van der Waals surface area contributed by atoms with E-state index in [1.807, 2.05) is 7.05 Å². The summed E-state index contributed by atoms with van der Waals surface area (Å²) in [6, 6.07) is 0.244. The molecule has 1 atom stereocenters. The van der Waals surface area contributed by atoms with Crippen LogP contribution in [0.3, 0.4) is 0 Å². The molecule has 2 fully saturated rings. The fourth-order valence-electron chi connectivity index (χ4n) is 1.69. The number of amides is 1. The van der Waals surface area contributed by atoms with Gasteiger partial charge in [0.1, 0.15) is 0 Å². The molecule has 1 saturated heterocycles. The number of nitrogens with two attached hydrogens (primary N) is 1. The number of hydrogen-bond donors (Lipinski definition) is 1. The largest absolute Gasteiger partial charge is 0.379 e. The van der Waals surface area contributed by atoms with Crippen LogP contribution in [-0.2, 0) is 9.53 Å². The van der Waals surface area contributed by atoms with Gasteiger partial charge in [-0.1, -0.05) is 0 Å². The van der Waals surface area contributed by atoms with E-state index in [4.69, 9.17) is 10.5 Å². The lowest BCUT2D eigenvalue weighted by Crippen LogP contribution is -2.48. The van der Waals surface area contributed by atoms with E-state index < -0.39 is 5.54 Å². The van der Waals surface area contributed by atoms with Crippen molar-refractivity contribution < 1.29 is 9.53 Å². The van der Waals surface area contributed by atoms with Crippen molar-refractivity contribution in [3.05, 3.63) is 0 Å². The molecule has 1 saturated carbocycles. The molecule has 4 heteroatoms. The maximum Gasteiger partial charge on any atom is 0.242 e. The fraction of sp³-hybridized carbons (Fsp3) is 0.889. The van der Waals surface area contributed by atoms with Crippen LogP contribution in [0.2, 0.25) is 0 Å². The Morgan fingerprint density at radius 3 is 2.77 bits per heavy atom. The van der Waals surface area contributed by atoms with Crippen LogP contribution >= 0.6 is 0 Å². The molecule has 4 nitrogen and oxygen atoms in total. The highest BCUT2D eigenvalue weighted by molar-refractivity contribution is 5.89. The van der Waals surface area contributed by atoms with Crippen LogP contribution in [0.5, 0.6) is 0 Å². The first kappa shape index (κ1) is 8.97. The summed E-state index contributed by atoms with van der Waals surface area (Å²) in [5.41, 5.74) is 5.30. The number of likely N-dealkylation sites (N-methyl/N-ethyl adjacent to an activating group) is 1. The van der Waals surface area contributed by atoms with Crippen molar-refractivity contribution in [1.82, 2.24) is 4.90 Å². The molecule has 0 radical (unpaired) electrons. The molecule has 0 spiro atoms. The Morgan fingerprint density at radius 2 is 2.31 bits per heavy atom.